The van der Waals surface area contributed by atoms with E-state index in [9.17, 15) is 18.0 Å². The first kappa shape index (κ1) is 20.1. The molecule has 0 spiro atoms. The van der Waals surface area contributed by atoms with Gasteiger partial charge < -0.3 is 15.4 Å². The van der Waals surface area contributed by atoms with E-state index in [0.717, 1.165) is 6.07 Å². The largest absolute Gasteiger partial charge is 0.438 e. The van der Waals surface area contributed by atoms with E-state index in [1.807, 2.05) is 0 Å². The zero-order valence-corrected chi connectivity index (χ0v) is 16.0. The SMILES string of the molecule is Cc1cc(NC(=O)Nc2ccc(Oc3ncnc4[nH]ncc34)cc2)ccc1C(F)(F)F. The second kappa shape index (κ2) is 7.94. The lowest BCUT2D eigenvalue weighted by Gasteiger charge is -2.13. The van der Waals surface area contributed by atoms with Gasteiger partial charge in [-0.15, -0.1) is 0 Å². The van der Waals surface area contributed by atoms with Crippen LogP contribution >= 0.6 is 0 Å². The van der Waals surface area contributed by atoms with Crippen LogP contribution in [0.1, 0.15) is 11.1 Å². The summed E-state index contributed by atoms with van der Waals surface area (Å²) in [6.45, 7) is 1.33. The lowest BCUT2D eigenvalue weighted by molar-refractivity contribution is -0.138. The Balaban J connectivity index is 1.39. The van der Waals surface area contributed by atoms with E-state index in [1.54, 1.807) is 30.5 Å². The molecule has 0 radical (unpaired) electrons. The second-order valence-electron chi connectivity index (χ2n) is 6.54. The van der Waals surface area contributed by atoms with E-state index in [2.05, 4.69) is 30.8 Å². The minimum absolute atomic E-state index is 0.0169. The molecule has 2 aromatic carbocycles. The summed E-state index contributed by atoms with van der Waals surface area (Å²) in [5, 5.41) is 12.3. The van der Waals surface area contributed by atoms with Crippen molar-refractivity contribution in [2.75, 3.05) is 10.6 Å². The number of anilines is 2. The molecule has 0 aliphatic heterocycles. The highest BCUT2D eigenvalue weighted by atomic mass is 19.4. The zero-order chi connectivity index (χ0) is 22.0. The van der Waals surface area contributed by atoms with Gasteiger partial charge in [-0.2, -0.15) is 18.3 Å². The number of rotatable bonds is 4. The van der Waals surface area contributed by atoms with Gasteiger partial charge in [0.1, 0.15) is 17.5 Å². The van der Waals surface area contributed by atoms with E-state index < -0.39 is 17.8 Å². The van der Waals surface area contributed by atoms with Crippen molar-refractivity contribution in [3.8, 4) is 11.6 Å². The standard InChI is InChI=1S/C20H15F3N6O2/c1-11-8-13(4-7-16(11)20(21,22)23)28-19(30)27-12-2-5-14(6-3-12)31-18-15-9-26-29-17(15)24-10-25-18/h2-10H,1H3,(H2,27,28,30)(H,24,25,26,29). The molecule has 0 saturated heterocycles. The normalized spacial score (nSPS) is 11.4. The van der Waals surface area contributed by atoms with Gasteiger partial charge in [0.15, 0.2) is 5.65 Å². The minimum atomic E-state index is -4.44. The van der Waals surface area contributed by atoms with Crippen molar-refractivity contribution in [1.29, 1.82) is 0 Å². The molecule has 0 saturated carbocycles. The molecule has 0 atom stereocenters. The Morgan fingerprint density at radius 2 is 1.74 bits per heavy atom. The van der Waals surface area contributed by atoms with Crippen molar-refractivity contribution >= 4 is 28.4 Å². The summed E-state index contributed by atoms with van der Waals surface area (Å²) in [7, 11) is 0. The molecular weight excluding hydrogens is 413 g/mol. The highest BCUT2D eigenvalue weighted by molar-refractivity contribution is 5.99. The number of halogens is 3. The Hall–Kier alpha value is -4.15. The maximum atomic E-state index is 12.8. The summed E-state index contributed by atoms with van der Waals surface area (Å²) >= 11 is 0. The van der Waals surface area contributed by atoms with Crippen molar-refractivity contribution in [1.82, 2.24) is 20.2 Å². The van der Waals surface area contributed by atoms with Crippen LogP contribution in [-0.4, -0.2) is 26.2 Å². The van der Waals surface area contributed by atoms with Gasteiger partial charge in [-0.25, -0.2) is 14.8 Å². The molecule has 4 rings (SSSR count). The van der Waals surface area contributed by atoms with Crippen LogP contribution in [0, 0.1) is 6.92 Å². The molecule has 0 aliphatic rings. The quantitative estimate of drug-likeness (QED) is 0.419. The molecule has 2 aromatic heterocycles. The monoisotopic (exact) mass is 428 g/mol. The number of aromatic nitrogens is 4. The van der Waals surface area contributed by atoms with Crippen molar-refractivity contribution < 1.29 is 22.7 Å². The fraction of sp³-hybridized carbons (Fsp3) is 0.100. The molecule has 31 heavy (non-hydrogen) atoms. The number of fused-ring (bicyclic) bond motifs is 1. The number of carbonyl (C=O) groups is 1. The Morgan fingerprint density at radius 1 is 1.03 bits per heavy atom. The molecule has 8 nitrogen and oxygen atoms in total. The van der Waals surface area contributed by atoms with Crippen LogP contribution in [0.15, 0.2) is 55.0 Å². The number of alkyl halides is 3. The Kier molecular flexibility index (Phi) is 5.15. The van der Waals surface area contributed by atoms with Gasteiger partial charge in [0.2, 0.25) is 5.88 Å². The third-order valence-corrected chi connectivity index (χ3v) is 4.33. The second-order valence-corrected chi connectivity index (χ2v) is 6.54. The predicted octanol–water partition coefficient (Wildman–Crippen LogP) is 5.12. The maximum Gasteiger partial charge on any atom is 0.416 e. The number of amides is 2. The van der Waals surface area contributed by atoms with E-state index in [-0.39, 0.29) is 11.3 Å². The van der Waals surface area contributed by atoms with Crippen LogP contribution in [0.2, 0.25) is 0 Å². The summed E-state index contributed by atoms with van der Waals surface area (Å²) in [6.07, 6.45) is -1.54. The number of H-pyrrole nitrogens is 1. The fourth-order valence-electron chi connectivity index (χ4n) is 2.90. The van der Waals surface area contributed by atoms with Crippen LogP contribution in [-0.2, 0) is 6.18 Å². The lowest BCUT2D eigenvalue weighted by atomic mass is 10.1. The number of hydrogen-bond donors (Lipinski definition) is 3. The Labute approximate surface area is 173 Å². The highest BCUT2D eigenvalue weighted by Crippen LogP contribution is 2.33. The van der Waals surface area contributed by atoms with Crippen LogP contribution in [0.5, 0.6) is 11.6 Å². The topological polar surface area (TPSA) is 105 Å². The molecule has 11 heteroatoms. The lowest BCUT2D eigenvalue weighted by Crippen LogP contribution is -2.19. The number of nitrogens with zero attached hydrogens (tertiary/aromatic N) is 3. The van der Waals surface area contributed by atoms with Crippen LogP contribution in [0.25, 0.3) is 11.0 Å². The highest BCUT2D eigenvalue weighted by Gasteiger charge is 2.32. The Morgan fingerprint density at radius 3 is 2.45 bits per heavy atom. The summed E-state index contributed by atoms with van der Waals surface area (Å²) in [5.74, 6) is 0.806. The average Bonchev–Trinajstić information content (AvgIpc) is 3.18. The number of ether oxygens (including phenoxy) is 1. The van der Waals surface area contributed by atoms with Crippen molar-refractivity contribution in [2.24, 2.45) is 0 Å². The van der Waals surface area contributed by atoms with E-state index >= 15 is 0 Å². The third-order valence-electron chi connectivity index (χ3n) is 4.33. The van der Waals surface area contributed by atoms with Gasteiger partial charge in [-0.3, -0.25) is 5.10 Å². The summed E-state index contributed by atoms with van der Waals surface area (Å²) in [6, 6.07) is 9.28. The number of carbonyl (C=O) groups excluding carboxylic acids is 1. The van der Waals surface area contributed by atoms with Crippen molar-refractivity contribution in [3.63, 3.8) is 0 Å². The average molecular weight is 428 g/mol. The van der Waals surface area contributed by atoms with Gasteiger partial charge in [-0.05, 0) is 55.0 Å². The summed E-state index contributed by atoms with van der Waals surface area (Å²) in [4.78, 5) is 20.3. The van der Waals surface area contributed by atoms with E-state index in [0.29, 0.717) is 28.4 Å². The first-order chi connectivity index (χ1) is 14.8. The number of urea groups is 1. The molecule has 0 unspecified atom stereocenters. The van der Waals surface area contributed by atoms with Gasteiger partial charge in [-0.1, -0.05) is 0 Å². The number of hydrogen-bond acceptors (Lipinski definition) is 5. The predicted molar refractivity (Wildman–Crippen MR) is 107 cm³/mol. The molecule has 0 fully saturated rings. The molecular formula is C20H15F3N6O2. The molecule has 3 N–H and O–H groups in total. The molecule has 0 bridgehead atoms. The third kappa shape index (κ3) is 4.55. The van der Waals surface area contributed by atoms with Crippen molar-refractivity contribution in [2.45, 2.75) is 13.1 Å². The number of aryl methyl sites for hydroxylation is 1. The van der Waals surface area contributed by atoms with Gasteiger partial charge in [0.05, 0.1) is 11.8 Å². The first-order valence-electron chi connectivity index (χ1n) is 8.97. The maximum absolute atomic E-state index is 12.8. The van der Waals surface area contributed by atoms with Crippen LogP contribution in [0.4, 0.5) is 29.3 Å². The number of aromatic amines is 1. The van der Waals surface area contributed by atoms with Crippen LogP contribution < -0.4 is 15.4 Å². The van der Waals surface area contributed by atoms with Crippen molar-refractivity contribution in [3.05, 3.63) is 66.1 Å². The number of nitrogens with one attached hydrogen (secondary N) is 3. The molecule has 2 heterocycles. The van der Waals surface area contributed by atoms with Gasteiger partial charge >= 0.3 is 12.2 Å². The molecule has 4 aromatic rings. The first-order valence-corrected chi connectivity index (χ1v) is 8.97. The zero-order valence-electron chi connectivity index (χ0n) is 16.0. The fourth-order valence-corrected chi connectivity index (χ4v) is 2.90. The smallest absolute Gasteiger partial charge is 0.416 e. The summed E-state index contributed by atoms with van der Waals surface area (Å²) in [5.41, 5.74) is 0.521. The summed E-state index contributed by atoms with van der Waals surface area (Å²) < 4.78 is 44.2. The molecule has 0 aliphatic carbocycles. The molecule has 2 amide bonds. The van der Waals surface area contributed by atoms with Gasteiger partial charge in [0, 0.05) is 11.4 Å². The van der Waals surface area contributed by atoms with E-state index in [1.165, 1.54) is 25.4 Å². The van der Waals surface area contributed by atoms with Gasteiger partial charge in [0.25, 0.3) is 0 Å². The van der Waals surface area contributed by atoms with Crippen LogP contribution in [0.3, 0.4) is 0 Å². The molecule has 158 valence electrons. The number of benzene rings is 2. The Bertz CT molecular complexity index is 1240. The van der Waals surface area contributed by atoms with E-state index in [4.69, 9.17) is 4.74 Å². The minimum Gasteiger partial charge on any atom is -0.438 e.